The summed E-state index contributed by atoms with van der Waals surface area (Å²) in [6, 6.07) is 6.84. The topological polar surface area (TPSA) is 34.1 Å². The third-order valence-electron chi connectivity index (χ3n) is 1.54. The van der Waals surface area contributed by atoms with Crippen LogP contribution >= 0.6 is 0 Å². The summed E-state index contributed by atoms with van der Waals surface area (Å²) < 4.78 is 22.2. The average molecular weight is 214 g/mol. The van der Waals surface area contributed by atoms with Crippen molar-refractivity contribution >= 4 is 21.6 Å². The second-order valence-electron chi connectivity index (χ2n) is 2.39. The van der Waals surface area contributed by atoms with Gasteiger partial charge in [0.15, 0.2) is 0 Å². The van der Waals surface area contributed by atoms with E-state index in [2.05, 4.69) is 6.58 Å². The van der Waals surface area contributed by atoms with Crippen LogP contribution in [-0.2, 0) is 21.6 Å². The first-order valence-electron chi connectivity index (χ1n) is 3.62. The van der Waals surface area contributed by atoms with Crippen LogP contribution in [0.5, 0.6) is 0 Å². The van der Waals surface area contributed by atoms with Crippen molar-refractivity contribution in [3.8, 4) is 0 Å². The van der Waals surface area contributed by atoms with Gasteiger partial charge in [0.25, 0.3) is 0 Å². The van der Waals surface area contributed by atoms with Crippen LogP contribution in [0.1, 0.15) is 0 Å². The van der Waals surface area contributed by atoms with Gasteiger partial charge in [0, 0.05) is 32.3 Å². The predicted molar refractivity (Wildman–Crippen MR) is 55.4 cm³/mol. The van der Waals surface area contributed by atoms with Crippen molar-refractivity contribution in [2.75, 3.05) is 6.26 Å². The number of rotatable bonds is 3. The first-order valence-corrected chi connectivity index (χ1v) is 6.39. The van der Waals surface area contributed by atoms with Gasteiger partial charge < -0.3 is 0 Å². The van der Waals surface area contributed by atoms with Gasteiger partial charge in [-0.2, -0.15) is 0 Å². The molecule has 1 aromatic carbocycles. The maximum atomic E-state index is 11.2. The maximum Gasteiger partial charge on any atom is 0.0769 e. The molecule has 0 radical (unpaired) electrons. The van der Waals surface area contributed by atoms with E-state index in [0.29, 0.717) is 4.90 Å². The van der Waals surface area contributed by atoms with E-state index >= 15 is 0 Å². The molecule has 1 rings (SSSR count). The Morgan fingerprint density at radius 3 is 2.00 bits per heavy atom. The molecule has 0 aliphatic heterocycles. The van der Waals surface area contributed by atoms with Gasteiger partial charge >= 0.3 is 0 Å². The highest BCUT2D eigenvalue weighted by Gasteiger charge is 2.00. The Bertz CT molecular complexity index is 354. The van der Waals surface area contributed by atoms with Crippen LogP contribution in [-0.4, -0.2) is 14.7 Å². The highest BCUT2D eigenvalue weighted by molar-refractivity contribution is 7.88. The molecule has 70 valence electrons. The zero-order valence-corrected chi connectivity index (χ0v) is 8.86. The van der Waals surface area contributed by atoms with Gasteiger partial charge in [0.1, 0.15) is 0 Å². The molecule has 0 aliphatic rings. The first kappa shape index (κ1) is 10.3. The zero-order chi connectivity index (χ0) is 9.84. The second-order valence-corrected chi connectivity index (χ2v) is 5.17. The van der Waals surface area contributed by atoms with Crippen molar-refractivity contribution in [1.82, 2.24) is 0 Å². The lowest BCUT2D eigenvalue weighted by molar-refractivity contribution is 0.685. The van der Waals surface area contributed by atoms with Crippen molar-refractivity contribution < 1.29 is 8.42 Å². The lowest BCUT2D eigenvalue weighted by Gasteiger charge is -1.98. The molecule has 4 heteroatoms. The molecule has 0 saturated heterocycles. The molecule has 0 saturated carbocycles. The smallest absolute Gasteiger partial charge is 0.0769 e. The summed E-state index contributed by atoms with van der Waals surface area (Å²) in [5.41, 5.74) is 0. The van der Waals surface area contributed by atoms with Gasteiger partial charge in [-0.3, -0.25) is 4.21 Å². The Morgan fingerprint density at radius 2 is 1.62 bits per heavy atom. The summed E-state index contributed by atoms with van der Waals surface area (Å²) in [7, 11) is -2.12. The molecule has 0 bridgehead atoms. The fourth-order valence-corrected chi connectivity index (χ4v) is 1.98. The lowest BCUT2D eigenvalue weighted by Crippen LogP contribution is -1.89. The first-order chi connectivity index (χ1) is 6.15. The van der Waals surface area contributed by atoms with E-state index in [4.69, 9.17) is 0 Å². The largest absolute Gasteiger partial charge is 0.255 e. The van der Waals surface area contributed by atoms with Crippen LogP contribution in [0.4, 0.5) is 0 Å². The van der Waals surface area contributed by atoms with E-state index < -0.39 is 21.6 Å². The summed E-state index contributed by atoms with van der Waals surface area (Å²) in [6.45, 7) is 3.43. The number of hydrogen-bond donors (Lipinski definition) is 0. The van der Waals surface area contributed by atoms with Crippen LogP contribution < -0.4 is 0 Å². The van der Waals surface area contributed by atoms with Gasteiger partial charge in [-0.05, 0) is 24.3 Å². The van der Waals surface area contributed by atoms with Crippen molar-refractivity contribution in [3.63, 3.8) is 0 Å². The van der Waals surface area contributed by atoms with Gasteiger partial charge in [0.05, 0.1) is 10.8 Å². The SMILES string of the molecule is C=CS(=O)c1ccc(S(C)=O)cc1. The molecule has 0 aromatic heterocycles. The molecule has 2 atom stereocenters. The Labute approximate surface area is 82.6 Å². The summed E-state index contributed by atoms with van der Waals surface area (Å²) in [5, 5.41) is 1.37. The van der Waals surface area contributed by atoms with Crippen LogP contribution in [0.25, 0.3) is 0 Å². The Balaban J connectivity index is 3.00. The van der Waals surface area contributed by atoms with E-state index in [-0.39, 0.29) is 0 Å². The van der Waals surface area contributed by atoms with E-state index in [1.165, 1.54) is 5.41 Å². The highest BCUT2D eigenvalue weighted by atomic mass is 32.2. The summed E-state index contributed by atoms with van der Waals surface area (Å²) in [5.74, 6) is 0. The molecular weight excluding hydrogens is 204 g/mol. The van der Waals surface area contributed by atoms with Crippen molar-refractivity contribution in [3.05, 3.63) is 36.3 Å². The van der Waals surface area contributed by atoms with Crippen LogP contribution in [0, 0.1) is 0 Å². The van der Waals surface area contributed by atoms with Crippen LogP contribution in [0.2, 0.25) is 0 Å². The molecule has 0 spiro atoms. The van der Waals surface area contributed by atoms with Crippen molar-refractivity contribution in [2.45, 2.75) is 9.79 Å². The molecule has 0 aliphatic carbocycles. The molecule has 2 unspecified atom stereocenters. The molecular formula is C9H10O2S2. The van der Waals surface area contributed by atoms with Gasteiger partial charge in [0.2, 0.25) is 0 Å². The molecule has 13 heavy (non-hydrogen) atoms. The number of benzene rings is 1. The molecule has 0 amide bonds. The average Bonchev–Trinajstić information content (AvgIpc) is 2.17. The minimum Gasteiger partial charge on any atom is -0.255 e. The van der Waals surface area contributed by atoms with E-state index in [9.17, 15) is 8.42 Å². The van der Waals surface area contributed by atoms with E-state index in [1.54, 1.807) is 30.5 Å². The van der Waals surface area contributed by atoms with Crippen LogP contribution in [0.15, 0.2) is 46.0 Å². The van der Waals surface area contributed by atoms with Gasteiger partial charge in [-0.25, -0.2) is 4.21 Å². The Kier molecular flexibility index (Phi) is 3.57. The molecule has 0 N–H and O–H groups in total. The molecule has 1 aromatic rings. The maximum absolute atomic E-state index is 11.2. The summed E-state index contributed by atoms with van der Waals surface area (Å²) >= 11 is 0. The van der Waals surface area contributed by atoms with E-state index in [1.807, 2.05) is 0 Å². The van der Waals surface area contributed by atoms with E-state index in [0.717, 1.165) is 4.90 Å². The predicted octanol–water partition coefficient (Wildman–Crippen LogP) is 1.68. The van der Waals surface area contributed by atoms with Crippen molar-refractivity contribution in [2.24, 2.45) is 0 Å². The molecule has 2 nitrogen and oxygen atoms in total. The Hall–Kier alpha value is -0.740. The molecule has 0 heterocycles. The highest BCUT2D eigenvalue weighted by Crippen LogP contribution is 2.11. The third-order valence-corrected chi connectivity index (χ3v) is 3.51. The minimum absolute atomic E-state index is 0.684. The summed E-state index contributed by atoms with van der Waals surface area (Å²) in [6.07, 6.45) is 1.61. The normalized spacial score (nSPS) is 14.8. The van der Waals surface area contributed by atoms with Crippen LogP contribution in [0.3, 0.4) is 0 Å². The zero-order valence-electron chi connectivity index (χ0n) is 7.23. The van der Waals surface area contributed by atoms with Gasteiger partial charge in [-0.1, -0.05) is 6.58 Å². The standard InChI is InChI=1S/C9H10O2S2/c1-3-13(11)9-6-4-8(5-7-9)12(2)10/h3-7H,1H2,2H3. The monoisotopic (exact) mass is 214 g/mol. The van der Waals surface area contributed by atoms with Gasteiger partial charge in [-0.15, -0.1) is 0 Å². The minimum atomic E-state index is -1.15. The quantitative estimate of drug-likeness (QED) is 0.767. The second kappa shape index (κ2) is 4.48. The lowest BCUT2D eigenvalue weighted by atomic mass is 10.4. The fourth-order valence-electron chi connectivity index (χ4n) is 0.862. The summed E-state index contributed by atoms with van der Waals surface area (Å²) in [4.78, 5) is 1.43. The Morgan fingerprint density at radius 1 is 1.15 bits per heavy atom. The fraction of sp³-hybridized carbons (Fsp3) is 0.111. The van der Waals surface area contributed by atoms with Crippen molar-refractivity contribution in [1.29, 1.82) is 0 Å². The number of hydrogen-bond acceptors (Lipinski definition) is 2. The molecule has 0 fully saturated rings. The third kappa shape index (κ3) is 2.60.